The molecule has 2 rings (SSSR count). The van der Waals surface area contributed by atoms with Crippen molar-refractivity contribution in [3.63, 3.8) is 0 Å². The van der Waals surface area contributed by atoms with Gasteiger partial charge in [-0.05, 0) is 25.1 Å². The van der Waals surface area contributed by atoms with Gasteiger partial charge in [0, 0.05) is 17.5 Å². The van der Waals surface area contributed by atoms with Crippen molar-refractivity contribution < 1.29 is 14.7 Å². The van der Waals surface area contributed by atoms with E-state index in [0.29, 0.717) is 12.1 Å². The number of rotatable bonds is 4. The molecule has 1 amide bonds. The maximum atomic E-state index is 12.3. The number of aryl methyl sites for hydroxylation is 1. The molecular formula is C14H14N2O3S. The summed E-state index contributed by atoms with van der Waals surface area (Å²) in [5.74, 6) is -1.25. The van der Waals surface area contributed by atoms with Crippen molar-refractivity contribution in [2.45, 2.75) is 13.5 Å². The molecule has 104 valence electrons. The number of hydrogen-bond acceptors (Lipinski definition) is 4. The van der Waals surface area contributed by atoms with E-state index in [2.05, 4.69) is 4.98 Å². The largest absolute Gasteiger partial charge is 0.478 e. The van der Waals surface area contributed by atoms with Crippen molar-refractivity contribution in [2.75, 3.05) is 7.05 Å². The zero-order chi connectivity index (χ0) is 14.7. The Labute approximate surface area is 120 Å². The van der Waals surface area contributed by atoms with Crippen LogP contribution < -0.4 is 0 Å². The van der Waals surface area contributed by atoms with E-state index in [1.165, 1.54) is 23.5 Å². The number of hydrogen-bond donors (Lipinski definition) is 1. The number of aromatic carboxylic acids is 1. The van der Waals surface area contributed by atoms with E-state index in [1.54, 1.807) is 29.6 Å². The molecule has 0 radical (unpaired) electrons. The lowest BCUT2D eigenvalue weighted by molar-refractivity contribution is 0.0697. The monoisotopic (exact) mass is 290 g/mol. The van der Waals surface area contributed by atoms with Crippen molar-refractivity contribution >= 4 is 23.2 Å². The van der Waals surface area contributed by atoms with Gasteiger partial charge in [0.1, 0.15) is 0 Å². The molecule has 1 N–H and O–H groups in total. The highest BCUT2D eigenvalue weighted by atomic mass is 32.1. The van der Waals surface area contributed by atoms with Gasteiger partial charge in [0.15, 0.2) is 0 Å². The quantitative estimate of drug-likeness (QED) is 0.938. The minimum Gasteiger partial charge on any atom is -0.478 e. The molecule has 0 atom stereocenters. The molecule has 1 aromatic heterocycles. The molecule has 1 aromatic carbocycles. The molecule has 0 spiro atoms. The Hall–Kier alpha value is -2.21. The second kappa shape index (κ2) is 5.83. The minimum absolute atomic E-state index is 0.109. The van der Waals surface area contributed by atoms with E-state index in [-0.39, 0.29) is 11.5 Å². The van der Waals surface area contributed by atoms with Gasteiger partial charge in [0.2, 0.25) is 0 Å². The van der Waals surface area contributed by atoms with Crippen LogP contribution in [0.3, 0.4) is 0 Å². The standard InChI is InChI=1S/C14H14N2O3S/c1-9-12(20-8-15-9)7-16(2)13(17)10-4-3-5-11(6-10)14(18)19/h3-6,8H,7H2,1-2H3,(H,18,19). The van der Waals surface area contributed by atoms with Crippen molar-refractivity contribution in [2.24, 2.45) is 0 Å². The maximum Gasteiger partial charge on any atom is 0.335 e. The number of carbonyl (C=O) groups is 2. The second-order valence-electron chi connectivity index (χ2n) is 4.41. The molecule has 6 heteroatoms. The summed E-state index contributed by atoms with van der Waals surface area (Å²) >= 11 is 1.50. The Bertz CT molecular complexity index is 651. The predicted molar refractivity (Wildman–Crippen MR) is 76.0 cm³/mol. The lowest BCUT2D eigenvalue weighted by Crippen LogP contribution is -2.26. The summed E-state index contributed by atoms with van der Waals surface area (Å²) in [6, 6.07) is 6.04. The highest BCUT2D eigenvalue weighted by Gasteiger charge is 2.15. The third-order valence-corrected chi connectivity index (χ3v) is 3.85. The summed E-state index contributed by atoms with van der Waals surface area (Å²) in [7, 11) is 1.69. The Morgan fingerprint density at radius 3 is 2.65 bits per heavy atom. The van der Waals surface area contributed by atoms with E-state index in [9.17, 15) is 9.59 Å². The van der Waals surface area contributed by atoms with Crippen molar-refractivity contribution in [1.29, 1.82) is 0 Å². The first-order chi connectivity index (χ1) is 9.49. The summed E-state index contributed by atoms with van der Waals surface area (Å²) in [5.41, 5.74) is 3.13. The molecule has 0 aliphatic carbocycles. The van der Waals surface area contributed by atoms with Crippen molar-refractivity contribution in [3.05, 3.63) is 51.5 Å². The predicted octanol–water partition coefficient (Wildman–Crippen LogP) is 2.42. The van der Waals surface area contributed by atoms with Gasteiger partial charge < -0.3 is 10.0 Å². The molecule has 20 heavy (non-hydrogen) atoms. The first-order valence-corrected chi connectivity index (χ1v) is 6.85. The number of nitrogens with zero attached hydrogens (tertiary/aromatic N) is 2. The third-order valence-electron chi connectivity index (χ3n) is 2.93. The Balaban J connectivity index is 2.16. The summed E-state index contributed by atoms with van der Waals surface area (Å²) < 4.78 is 0. The smallest absolute Gasteiger partial charge is 0.335 e. The lowest BCUT2D eigenvalue weighted by atomic mass is 10.1. The van der Waals surface area contributed by atoms with Crippen LogP contribution in [-0.4, -0.2) is 33.9 Å². The average molecular weight is 290 g/mol. The summed E-state index contributed by atoms with van der Waals surface area (Å²) in [4.78, 5) is 29.9. The van der Waals surface area contributed by atoms with E-state index < -0.39 is 5.97 Å². The fraction of sp³-hybridized carbons (Fsp3) is 0.214. The highest BCUT2D eigenvalue weighted by molar-refractivity contribution is 7.09. The molecule has 0 fully saturated rings. The number of carboxylic acid groups (broad SMARTS) is 1. The van der Waals surface area contributed by atoms with Crippen LogP contribution in [0.4, 0.5) is 0 Å². The zero-order valence-electron chi connectivity index (χ0n) is 11.2. The highest BCUT2D eigenvalue weighted by Crippen LogP contribution is 2.16. The van der Waals surface area contributed by atoms with Crippen LogP contribution in [-0.2, 0) is 6.54 Å². The van der Waals surface area contributed by atoms with Crippen molar-refractivity contribution in [3.8, 4) is 0 Å². The lowest BCUT2D eigenvalue weighted by Gasteiger charge is -2.16. The molecule has 2 aromatic rings. The zero-order valence-corrected chi connectivity index (χ0v) is 12.0. The van der Waals surface area contributed by atoms with Gasteiger partial charge in [-0.15, -0.1) is 11.3 Å². The van der Waals surface area contributed by atoms with Gasteiger partial charge in [-0.3, -0.25) is 4.79 Å². The maximum absolute atomic E-state index is 12.3. The van der Waals surface area contributed by atoms with Crippen LogP contribution in [0.15, 0.2) is 29.8 Å². The molecular weight excluding hydrogens is 276 g/mol. The van der Waals surface area contributed by atoms with E-state index >= 15 is 0 Å². The third kappa shape index (κ3) is 3.03. The van der Waals surface area contributed by atoms with Crippen LogP contribution in [0, 0.1) is 6.92 Å². The van der Waals surface area contributed by atoms with Gasteiger partial charge in [-0.1, -0.05) is 6.07 Å². The minimum atomic E-state index is -1.04. The first kappa shape index (κ1) is 14.2. The van der Waals surface area contributed by atoms with Crippen LogP contribution in [0.2, 0.25) is 0 Å². The molecule has 0 aliphatic heterocycles. The number of aromatic nitrogens is 1. The Morgan fingerprint density at radius 1 is 1.35 bits per heavy atom. The Kier molecular flexibility index (Phi) is 4.14. The van der Waals surface area contributed by atoms with E-state index in [4.69, 9.17) is 5.11 Å². The molecule has 1 heterocycles. The van der Waals surface area contributed by atoms with Gasteiger partial charge >= 0.3 is 5.97 Å². The van der Waals surface area contributed by atoms with Gasteiger partial charge in [0.25, 0.3) is 5.91 Å². The fourth-order valence-electron chi connectivity index (χ4n) is 1.77. The molecule has 5 nitrogen and oxygen atoms in total. The van der Waals surface area contributed by atoms with Crippen LogP contribution in [0.5, 0.6) is 0 Å². The summed E-state index contributed by atoms with van der Waals surface area (Å²) in [5, 5.41) is 8.94. The fourth-order valence-corrected chi connectivity index (χ4v) is 2.60. The number of thiazole rings is 1. The SMILES string of the molecule is Cc1ncsc1CN(C)C(=O)c1cccc(C(=O)O)c1. The Morgan fingerprint density at radius 2 is 2.05 bits per heavy atom. The molecule has 0 aliphatic rings. The molecule has 0 unspecified atom stereocenters. The second-order valence-corrected chi connectivity index (χ2v) is 5.35. The normalized spacial score (nSPS) is 10.3. The van der Waals surface area contributed by atoms with Crippen LogP contribution >= 0.6 is 11.3 Å². The van der Waals surface area contributed by atoms with Crippen molar-refractivity contribution in [1.82, 2.24) is 9.88 Å². The number of carbonyl (C=O) groups excluding carboxylic acids is 1. The topological polar surface area (TPSA) is 70.5 Å². The summed E-state index contributed by atoms with van der Waals surface area (Å²) in [6.07, 6.45) is 0. The number of benzene rings is 1. The molecule has 0 bridgehead atoms. The van der Waals surface area contributed by atoms with Gasteiger partial charge in [0.05, 0.1) is 23.3 Å². The number of amides is 1. The molecule has 0 saturated heterocycles. The average Bonchev–Trinajstić information content (AvgIpc) is 2.83. The van der Waals surface area contributed by atoms with Gasteiger partial charge in [-0.2, -0.15) is 0 Å². The summed E-state index contributed by atoms with van der Waals surface area (Å²) in [6.45, 7) is 2.36. The first-order valence-electron chi connectivity index (χ1n) is 5.97. The van der Waals surface area contributed by atoms with E-state index in [1.807, 2.05) is 6.92 Å². The van der Waals surface area contributed by atoms with Crippen LogP contribution in [0.25, 0.3) is 0 Å². The number of carboxylic acids is 1. The molecule has 0 saturated carbocycles. The van der Waals surface area contributed by atoms with Crippen LogP contribution in [0.1, 0.15) is 31.3 Å². The van der Waals surface area contributed by atoms with Gasteiger partial charge in [-0.25, -0.2) is 9.78 Å². The van der Waals surface area contributed by atoms with E-state index in [0.717, 1.165) is 10.6 Å².